The van der Waals surface area contributed by atoms with Crippen molar-refractivity contribution in [3.63, 3.8) is 0 Å². The van der Waals surface area contributed by atoms with E-state index >= 15 is 0 Å². The maximum atomic E-state index is 11.0. The number of fused-ring (bicyclic) bond motifs is 1. The average molecular weight is 222 g/mol. The Morgan fingerprint density at radius 3 is 2.56 bits per heavy atom. The minimum absolute atomic E-state index is 0.143. The normalized spacial score (nSPS) is 18.6. The van der Waals surface area contributed by atoms with Crippen molar-refractivity contribution in [3.8, 4) is 11.5 Å². The van der Waals surface area contributed by atoms with Gasteiger partial charge < -0.3 is 14.6 Å². The number of hydrogen-bond donors (Lipinski definition) is 1. The van der Waals surface area contributed by atoms with Crippen LogP contribution in [0.5, 0.6) is 11.5 Å². The minimum Gasteiger partial charge on any atom is -0.478 e. The lowest BCUT2D eigenvalue weighted by molar-refractivity contribution is -0.0399. The Balaban J connectivity index is 2.38. The van der Waals surface area contributed by atoms with Gasteiger partial charge in [-0.2, -0.15) is 0 Å². The van der Waals surface area contributed by atoms with Crippen LogP contribution in [-0.2, 0) is 0 Å². The summed E-state index contributed by atoms with van der Waals surface area (Å²) >= 11 is 0. The van der Waals surface area contributed by atoms with E-state index in [-0.39, 0.29) is 11.0 Å². The summed E-state index contributed by atoms with van der Waals surface area (Å²) in [5.41, 5.74) is -0.0568. The van der Waals surface area contributed by atoms with Crippen LogP contribution in [0.4, 0.5) is 0 Å². The summed E-state index contributed by atoms with van der Waals surface area (Å²) in [6.45, 7) is 5.93. The molecule has 0 saturated heterocycles. The summed E-state index contributed by atoms with van der Waals surface area (Å²) in [7, 11) is 0. The lowest BCUT2D eigenvalue weighted by Crippen LogP contribution is -2.33. The molecule has 16 heavy (non-hydrogen) atoms. The van der Waals surface area contributed by atoms with E-state index in [1.165, 1.54) is 6.07 Å². The maximum absolute atomic E-state index is 11.0. The van der Waals surface area contributed by atoms with Crippen molar-refractivity contribution in [3.05, 3.63) is 23.8 Å². The van der Waals surface area contributed by atoms with Crippen molar-refractivity contribution in [2.45, 2.75) is 27.1 Å². The molecule has 86 valence electrons. The van der Waals surface area contributed by atoms with Crippen molar-refractivity contribution in [1.29, 1.82) is 0 Å². The first-order valence-corrected chi connectivity index (χ1v) is 5.09. The monoisotopic (exact) mass is 222 g/mol. The van der Waals surface area contributed by atoms with Crippen molar-refractivity contribution in [2.24, 2.45) is 5.41 Å². The molecule has 0 saturated carbocycles. The molecule has 0 fully saturated rings. The van der Waals surface area contributed by atoms with E-state index in [9.17, 15) is 4.79 Å². The van der Waals surface area contributed by atoms with Crippen LogP contribution >= 0.6 is 0 Å². The summed E-state index contributed by atoms with van der Waals surface area (Å²) in [6.07, 6.45) is -0.442. The number of para-hydroxylation sites is 1. The molecule has 1 atom stereocenters. The zero-order valence-corrected chi connectivity index (χ0v) is 9.48. The molecule has 1 heterocycles. The van der Waals surface area contributed by atoms with Crippen LogP contribution in [0.2, 0.25) is 0 Å². The predicted octanol–water partition coefficient (Wildman–Crippen LogP) is 2.53. The summed E-state index contributed by atoms with van der Waals surface area (Å²) in [5.74, 6) is -0.176. The molecule has 4 nitrogen and oxygen atoms in total. The molecule has 1 aromatic rings. The van der Waals surface area contributed by atoms with Gasteiger partial charge in [-0.3, -0.25) is 0 Å². The molecule has 0 bridgehead atoms. The second-order valence-corrected chi connectivity index (χ2v) is 4.87. The highest BCUT2D eigenvalue weighted by atomic mass is 16.7. The lowest BCUT2D eigenvalue weighted by atomic mass is 9.96. The number of hydrogen-bond acceptors (Lipinski definition) is 3. The summed E-state index contributed by atoms with van der Waals surface area (Å²) in [5, 5.41) is 9.00. The van der Waals surface area contributed by atoms with Gasteiger partial charge in [0, 0.05) is 5.41 Å². The van der Waals surface area contributed by atoms with Crippen molar-refractivity contribution < 1.29 is 19.4 Å². The van der Waals surface area contributed by atoms with Crippen molar-refractivity contribution >= 4 is 5.97 Å². The highest BCUT2D eigenvalue weighted by Gasteiger charge is 2.36. The quantitative estimate of drug-likeness (QED) is 0.793. The second kappa shape index (κ2) is 3.40. The number of aromatic carboxylic acids is 1. The fourth-order valence-corrected chi connectivity index (χ4v) is 1.50. The summed E-state index contributed by atoms with van der Waals surface area (Å²) in [6, 6.07) is 4.87. The van der Waals surface area contributed by atoms with E-state index in [0.717, 1.165) is 0 Å². The molecule has 1 unspecified atom stereocenters. The molecule has 1 aliphatic heterocycles. The first kappa shape index (κ1) is 10.8. The largest absolute Gasteiger partial charge is 0.478 e. The van der Waals surface area contributed by atoms with Gasteiger partial charge >= 0.3 is 5.97 Å². The van der Waals surface area contributed by atoms with E-state index in [1.54, 1.807) is 12.1 Å². The standard InChI is InChI=1S/C12H14O4/c1-12(2,3)11-15-8-6-4-5-7(10(13)14)9(8)16-11/h4-6,11H,1-3H3,(H,13,14). The van der Waals surface area contributed by atoms with Gasteiger partial charge in [-0.15, -0.1) is 0 Å². The molecular weight excluding hydrogens is 208 g/mol. The van der Waals surface area contributed by atoms with Crippen LogP contribution in [-0.4, -0.2) is 17.4 Å². The third kappa shape index (κ3) is 1.71. The zero-order valence-electron chi connectivity index (χ0n) is 9.48. The maximum Gasteiger partial charge on any atom is 0.339 e. The number of carbonyl (C=O) groups is 1. The van der Waals surface area contributed by atoms with Gasteiger partial charge in [0.05, 0.1) is 0 Å². The molecule has 0 amide bonds. The van der Waals surface area contributed by atoms with E-state index < -0.39 is 12.3 Å². The average Bonchev–Trinajstić information content (AvgIpc) is 2.59. The van der Waals surface area contributed by atoms with E-state index in [2.05, 4.69) is 0 Å². The van der Waals surface area contributed by atoms with Gasteiger partial charge in [-0.05, 0) is 12.1 Å². The number of ether oxygens (including phenoxy) is 2. The SMILES string of the molecule is CC(C)(C)C1Oc2cccc(C(=O)O)c2O1. The van der Waals surface area contributed by atoms with Gasteiger partial charge in [0.2, 0.25) is 6.29 Å². The van der Waals surface area contributed by atoms with Gasteiger partial charge in [-0.1, -0.05) is 26.8 Å². The van der Waals surface area contributed by atoms with E-state index in [0.29, 0.717) is 11.5 Å². The lowest BCUT2D eigenvalue weighted by Gasteiger charge is -2.24. The van der Waals surface area contributed by atoms with Crippen LogP contribution in [0.1, 0.15) is 31.1 Å². The Hall–Kier alpha value is -1.71. The van der Waals surface area contributed by atoms with E-state index in [1.807, 2.05) is 20.8 Å². The first-order valence-electron chi connectivity index (χ1n) is 5.09. The van der Waals surface area contributed by atoms with Gasteiger partial charge in [0.15, 0.2) is 11.5 Å². The Bertz CT molecular complexity index is 431. The van der Waals surface area contributed by atoms with Crippen molar-refractivity contribution in [1.82, 2.24) is 0 Å². The summed E-state index contributed by atoms with van der Waals surface area (Å²) < 4.78 is 11.1. The highest BCUT2D eigenvalue weighted by Crippen LogP contribution is 2.42. The number of carboxylic acid groups (broad SMARTS) is 1. The van der Waals surface area contributed by atoms with Crippen LogP contribution in [0.3, 0.4) is 0 Å². The highest BCUT2D eigenvalue weighted by molar-refractivity contribution is 5.92. The van der Waals surface area contributed by atoms with Crippen LogP contribution in [0.15, 0.2) is 18.2 Å². The number of rotatable bonds is 1. The molecule has 1 N–H and O–H groups in total. The van der Waals surface area contributed by atoms with Crippen LogP contribution < -0.4 is 9.47 Å². The Labute approximate surface area is 93.8 Å². The Morgan fingerprint density at radius 1 is 1.31 bits per heavy atom. The topological polar surface area (TPSA) is 55.8 Å². The molecule has 0 aliphatic carbocycles. The second-order valence-electron chi connectivity index (χ2n) is 4.87. The fraction of sp³-hybridized carbons (Fsp3) is 0.417. The van der Waals surface area contributed by atoms with E-state index in [4.69, 9.17) is 14.6 Å². The Kier molecular flexibility index (Phi) is 2.30. The summed E-state index contributed by atoms with van der Waals surface area (Å²) in [4.78, 5) is 11.0. The molecule has 1 aliphatic rings. The molecular formula is C12H14O4. The smallest absolute Gasteiger partial charge is 0.339 e. The number of carboxylic acids is 1. The third-order valence-electron chi connectivity index (χ3n) is 2.38. The van der Waals surface area contributed by atoms with Gasteiger partial charge in [0.1, 0.15) is 5.56 Å². The van der Waals surface area contributed by atoms with Gasteiger partial charge in [-0.25, -0.2) is 4.79 Å². The third-order valence-corrected chi connectivity index (χ3v) is 2.38. The molecule has 2 rings (SSSR count). The van der Waals surface area contributed by atoms with Gasteiger partial charge in [0.25, 0.3) is 0 Å². The zero-order chi connectivity index (χ0) is 11.9. The molecule has 0 radical (unpaired) electrons. The number of benzene rings is 1. The van der Waals surface area contributed by atoms with Crippen LogP contribution in [0.25, 0.3) is 0 Å². The van der Waals surface area contributed by atoms with Crippen molar-refractivity contribution in [2.75, 3.05) is 0 Å². The minimum atomic E-state index is -1.00. The first-order chi connectivity index (χ1) is 7.39. The predicted molar refractivity (Wildman–Crippen MR) is 57.9 cm³/mol. The molecule has 0 spiro atoms. The molecule has 4 heteroatoms. The molecule has 0 aromatic heterocycles. The van der Waals surface area contributed by atoms with Crippen LogP contribution in [0, 0.1) is 5.41 Å². The molecule has 1 aromatic carbocycles. The fourth-order valence-electron chi connectivity index (χ4n) is 1.50. The Morgan fingerprint density at radius 2 is 2.00 bits per heavy atom.